The number of para-hydroxylation sites is 2. The molecule has 1 N–H and O–H groups in total. The van der Waals surface area contributed by atoms with Crippen molar-refractivity contribution in [2.24, 2.45) is 0 Å². The molecule has 5 nitrogen and oxygen atoms in total. The fourth-order valence-electron chi connectivity index (χ4n) is 1.87. The van der Waals surface area contributed by atoms with Crippen LogP contribution in [0.4, 0.5) is 16.2 Å². The first kappa shape index (κ1) is 13.4. The Morgan fingerprint density at radius 1 is 1.32 bits per heavy atom. The van der Waals surface area contributed by atoms with E-state index in [1.54, 1.807) is 12.1 Å². The van der Waals surface area contributed by atoms with Gasteiger partial charge in [0.15, 0.2) is 0 Å². The van der Waals surface area contributed by atoms with Crippen LogP contribution in [-0.4, -0.2) is 24.1 Å². The SMILES string of the molecule is CC(C)(C)OC(=O)N1CCC(=O)Nc2ccccc21. The van der Waals surface area contributed by atoms with Gasteiger partial charge in [0.2, 0.25) is 5.91 Å². The van der Waals surface area contributed by atoms with Crippen molar-refractivity contribution in [3.8, 4) is 0 Å². The Morgan fingerprint density at radius 2 is 2.00 bits per heavy atom. The second-order valence-electron chi connectivity index (χ2n) is 5.45. The fourth-order valence-corrected chi connectivity index (χ4v) is 1.87. The molecule has 0 spiro atoms. The van der Waals surface area contributed by atoms with Gasteiger partial charge in [-0.05, 0) is 32.9 Å². The Bertz CT molecular complexity index is 506. The third-order valence-electron chi connectivity index (χ3n) is 2.65. The number of hydrogen-bond acceptors (Lipinski definition) is 3. The standard InChI is InChI=1S/C14H18N2O3/c1-14(2,3)19-13(18)16-9-8-12(17)15-10-6-4-5-7-11(10)16/h4-7H,8-9H2,1-3H3,(H,15,17). The van der Waals surface area contributed by atoms with E-state index >= 15 is 0 Å². The Morgan fingerprint density at radius 3 is 2.68 bits per heavy atom. The maximum absolute atomic E-state index is 12.2. The van der Waals surface area contributed by atoms with Crippen LogP contribution in [-0.2, 0) is 9.53 Å². The topological polar surface area (TPSA) is 58.6 Å². The predicted octanol–water partition coefficient (Wildman–Crippen LogP) is 2.77. The Balaban J connectivity index is 2.31. The monoisotopic (exact) mass is 262 g/mol. The smallest absolute Gasteiger partial charge is 0.414 e. The minimum atomic E-state index is -0.560. The number of hydrogen-bond donors (Lipinski definition) is 1. The first-order valence-corrected chi connectivity index (χ1v) is 6.26. The summed E-state index contributed by atoms with van der Waals surface area (Å²) >= 11 is 0. The number of rotatable bonds is 0. The van der Waals surface area contributed by atoms with Gasteiger partial charge in [-0.25, -0.2) is 4.79 Å². The van der Waals surface area contributed by atoms with Gasteiger partial charge in [0.25, 0.3) is 0 Å². The van der Waals surface area contributed by atoms with Crippen molar-refractivity contribution in [3.05, 3.63) is 24.3 Å². The lowest BCUT2D eigenvalue weighted by Gasteiger charge is -2.27. The molecule has 1 aromatic carbocycles. The quantitative estimate of drug-likeness (QED) is 0.782. The summed E-state index contributed by atoms with van der Waals surface area (Å²) in [5.41, 5.74) is 0.744. The molecule has 0 radical (unpaired) electrons. The maximum Gasteiger partial charge on any atom is 0.414 e. The number of amides is 2. The van der Waals surface area contributed by atoms with Crippen LogP contribution < -0.4 is 10.2 Å². The molecule has 0 saturated carbocycles. The highest BCUT2D eigenvalue weighted by atomic mass is 16.6. The van der Waals surface area contributed by atoms with Gasteiger partial charge >= 0.3 is 6.09 Å². The van der Waals surface area contributed by atoms with Gasteiger partial charge in [-0.15, -0.1) is 0 Å². The molecule has 0 aromatic heterocycles. The molecule has 1 aliphatic heterocycles. The minimum Gasteiger partial charge on any atom is -0.443 e. The van der Waals surface area contributed by atoms with E-state index in [2.05, 4.69) is 5.32 Å². The molecule has 5 heteroatoms. The van der Waals surface area contributed by atoms with E-state index in [4.69, 9.17) is 4.74 Å². The predicted molar refractivity (Wildman–Crippen MR) is 73.3 cm³/mol. The van der Waals surface area contributed by atoms with Crippen LogP contribution in [0.1, 0.15) is 27.2 Å². The zero-order chi connectivity index (χ0) is 14.0. The number of carbonyl (C=O) groups excluding carboxylic acids is 2. The molecule has 2 amide bonds. The van der Waals surface area contributed by atoms with E-state index in [0.717, 1.165) is 0 Å². The molecule has 102 valence electrons. The van der Waals surface area contributed by atoms with Crippen molar-refractivity contribution in [2.75, 3.05) is 16.8 Å². The van der Waals surface area contributed by atoms with Gasteiger partial charge in [0.05, 0.1) is 11.4 Å². The van der Waals surface area contributed by atoms with Crippen molar-refractivity contribution in [1.82, 2.24) is 0 Å². The number of fused-ring (bicyclic) bond motifs is 1. The van der Waals surface area contributed by atoms with E-state index in [1.807, 2.05) is 32.9 Å². The lowest BCUT2D eigenvalue weighted by Crippen LogP contribution is -2.37. The zero-order valence-electron chi connectivity index (χ0n) is 11.4. The van der Waals surface area contributed by atoms with Crippen molar-refractivity contribution in [1.29, 1.82) is 0 Å². The van der Waals surface area contributed by atoms with E-state index in [1.165, 1.54) is 4.90 Å². The fraction of sp³-hybridized carbons (Fsp3) is 0.429. The number of benzene rings is 1. The zero-order valence-corrected chi connectivity index (χ0v) is 11.4. The van der Waals surface area contributed by atoms with E-state index in [0.29, 0.717) is 17.9 Å². The molecule has 0 fully saturated rings. The summed E-state index contributed by atoms with van der Waals surface area (Å²) in [6.07, 6.45) is -0.176. The normalized spacial score (nSPS) is 15.3. The second-order valence-corrected chi connectivity index (χ2v) is 5.45. The van der Waals surface area contributed by atoms with Crippen molar-refractivity contribution in [2.45, 2.75) is 32.8 Å². The first-order chi connectivity index (χ1) is 8.87. The second kappa shape index (κ2) is 4.91. The van der Waals surface area contributed by atoms with Crippen LogP contribution in [0.25, 0.3) is 0 Å². The lowest BCUT2D eigenvalue weighted by atomic mass is 10.2. The highest BCUT2D eigenvalue weighted by molar-refractivity contribution is 6.01. The summed E-state index contributed by atoms with van der Waals surface area (Å²) in [6, 6.07) is 7.21. The molecule has 2 rings (SSSR count). The van der Waals surface area contributed by atoms with E-state index in [-0.39, 0.29) is 12.3 Å². The van der Waals surface area contributed by atoms with Crippen LogP contribution >= 0.6 is 0 Å². The van der Waals surface area contributed by atoms with E-state index < -0.39 is 11.7 Å². The van der Waals surface area contributed by atoms with Gasteiger partial charge in [0.1, 0.15) is 5.60 Å². The van der Waals surface area contributed by atoms with Gasteiger partial charge < -0.3 is 10.1 Å². The van der Waals surface area contributed by atoms with Gasteiger partial charge in [-0.1, -0.05) is 12.1 Å². The van der Waals surface area contributed by atoms with Crippen LogP contribution in [0.5, 0.6) is 0 Å². The number of anilines is 2. The number of ether oxygens (including phenoxy) is 1. The van der Waals surface area contributed by atoms with Gasteiger partial charge in [-0.3, -0.25) is 9.69 Å². The summed E-state index contributed by atoms with van der Waals surface area (Å²) in [7, 11) is 0. The Labute approximate surface area is 112 Å². The Kier molecular flexibility index (Phi) is 3.46. The molecular formula is C14H18N2O3. The maximum atomic E-state index is 12.2. The molecule has 0 unspecified atom stereocenters. The molecule has 1 aromatic rings. The third-order valence-corrected chi connectivity index (χ3v) is 2.65. The molecule has 1 aliphatic rings. The molecule has 19 heavy (non-hydrogen) atoms. The third kappa shape index (κ3) is 3.24. The summed E-state index contributed by atoms with van der Waals surface area (Å²) in [4.78, 5) is 25.3. The van der Waals surface area contributed by atoms with Crippen molar-refractivity contribution < 1.29 is 14.3 Å². The number of carbonyl (C=O) groups is 2. The summed E-state index contributed by atoms with van der Waals surface area (Å²) in [5, 5.41) is 2.78. The average Bonchev–Trinajstić information content (AvgIpc) is 2.45. The van der Waals surface area contributed by atoms with Gasteiger partial charge in [-0.2, -0.15) is 0 Å². The molecule has 1 heterocycles. The molecular weight excluding hydrogens is 244 g/mol. The van der Waals surface area contributed by atoms with Gasteiger partial charge in [0, 0.05) is 13.0 Å². The average molecular weight is 262 g/mol. The summed E-state index contributed by atoms with van der Waals surface area (Å²) in [6.45, 7) is 5.77. The van der Waals surface area contributed by atoms with Crippen LogP contribution in [0.3, 0.4) is 0 Å². The first-order valence-electron chi connectivity index (χ1n) is 6.26. The molecule has 0 atom stereocenters. The van der Waals surface area contributed by atoms with Crippen LogP contribution in [0.2, 0.25) is 0 Å². The van der Waals surface area contributed by atoms with Crippen molar-refractivity contribution >= 4 is 23.4 Å². The lowest BCUT2D eigenvalue weighted by molar-refractivity contribution is -0.115. The summed E-state index contributed by atoms with van der Waals surface area (Å²) in [5.74, 6) is -0.0986. The number of nitrogens with one attached hydrogen (secondary N) is 1. The van der Waals surface area contributed by atoms with Crippen LogP contribution in [0.15, 0.2) is 24.3 Å². The molecule has 0 bridgehead atoms. The number of nitrogens with zero attached hydrogens (tertiary/aromatic N) is 1. The van der Waals surface area contributed by atoms with Crippen LogP contribution in [0, 0.1) is 0 Å². The molecule has 0 saturated heterocycles. The van der Waals surface area contributed by atoms with Crippen molar-refractivity contribution in [3.63, 3.8) is 0 Å². The highest BCUT2D eigenvalue weighted by Gasteiger charge is 2.27. The minimum absolute atomic E-state index is 0.0986. The van der Waals surface area contributed by atoms with E-state index in [9.17, 15) is 9.59 Å². The molecule has 0 aliphatic carbocycles. The Hall–Kier alpha value is -2.04. The largest absolute Gasteiger partial charge is 0.443 e. The summed E-state index contributed by atoms with van der Waals surface area (Å²) < 4.78 is 5.37. The highest BCUT2D eigenvalue weighted by Crippen LogP contribution is 2.29.